The Hall–Kier alpha value is -1.92. The summed E-state index contributed by atoms with van der Waals surface area (Å²) in [5.74, 6) is -1.64. The summed E-state index contributed by atoms with van der Waals surface area (Å²) < 4.78 is 0. The van der Waals surface area contributed by atoms with Crippen molar-refractivity contribution in [2.24, 2.45) is 0 Å². The Morgan fingerprint density at radius 3 is 2.78 bits per heavy atom. The molecule has 124 valence electrons. The average Bonchev–Trinajstić information content (AvgIpc) is 2.82. The second-order valence-corrected chi connectivity index (χ2v) is 5.92. The normalized spacial score (nSPS) is 17.7. The first-order valence-corrected chi connectivity index (χ1v) is 7.89. The quantitative estimate of drug-likeness (QED) is 0.508. The van der Waals surface area contributed by atoms with Gasteiger partial charge in [-0.1, -0.05) is 31.0 Å². The lowest BCUT2D eigenvalue weighted by Crippen LogP contribution is -2.43. The standard InChI is InChI=1S/C16H19ClN2O4/c1-3-4-8-14(20)19(23)13-9-15(21)18(16(13)22)12-7-5-6-11(17)10(12)2/h5-7,13,23H,3-4,8-9H2,1-2H3. The molecule has 0 bridgehead atoms. The summed E-state index contributed by atoms with van der Waals surface area (Å²) in [6, 6.07) is 3.74. The molecule has 23 heavy (non-hydrogen) atoms. The minimum Gasteiger partial charge on any atom is -0.285 e. The van der Waals surface area contributed by atoms with Gasteiger partial charge >= 0.3 is 0 Å². The summed E-state index contributed by atoms with van der Waals surface area (Å²) in [6.07, 6.45) is 1.31. The predicted molar refractivity (Wildman–Crippen MR) is 85.2 cm³/mol. The van der Waals surface area contributed by atoms with Crippen molar-refractivity contribution < 1.29 is 19.6 Å². The van der Waals surface area contributed by atoms with E-state index in [1.54, 1.807) is 25.1 Å². The van der Waals surface area contributed by atoms with Gasteiger partial charge in [0.15, 0.2) is 0 Å². The first kappa shape index (κ1) is 17.4. The minimum atomic E-state index is -1.18. The van der Waals surface area contributed by atoms with Crippen molar-refractivity contribution in [1.29, 1.82) is 0 Å². The third-order valence-electron chi connectivity index (χ3n) is 3.90. The molecule has 1 aromatic carbocycles. The summed E-state index contributed by atoms with van der Waals surface area (Å²) >= 11 is 6.03. The monoisotopic (exact) mass is 338 g/mol. The number of hydrogen-bond donors (Lipinski definition) is 1. The first-order valence-electron chi connectivity index (χ1n) is 7.51. The highest BCUT2D eigenvalue weighted by atomic mass is 35.5. The molecule has 1 aliphatic heterocycles. The smallest absolute Gasteiger partial charge is 0.259 e. The van der Waals surface area contributed by atoms with Gasteiger partial charge in [-0.3, -0.25) is 19.6 Å². The minimum absolute atomic E-state index is 0.140. The van der Waals surface area contributed by atoms with Crippen LogP contribution in [0.3, 0.4) is 0 Å². The molecule has 1 heterocycles. The molecule has 0 aromatic heterocycles. The highest BCUT2D eigenvalue weighted by Crippen LogP contribution is 2.31. The van der Waals surface area contributed by atoms with Crippen LogP contribution in [0.15, 0.2) is 18.2 Å². The van der Waals surface area contributed by atoms with E-state index in [9.17, 15) is 19.6 Å². The van der Waals surface area contributed by atoms with Crippen LogP contribution in [0.5, 0.6) is 0 Å². The second-order valence-electron chi connectivity index (χ2n) is 5.51. The Balaban J connectivity index is 2.23. The summed E-state index contributed by atoms with van der Waals surface area (Å²) in [5, 5.41) is 10.8. The molecule has 0 spiro atoms. The van der Waals surface area contributed by atoms with Crippen LogP contribution < -0.4 is 4.90 Å². The Kier molecular flexibility index (Phi) is 5.38. The van der Waals surface area contributed by atoms with Crippen LogP contribution in [0.4, 0.5) is 5.69 Å². The van der Waals surface area contributed by atoms with Gasteiger partial charge in [0, 0.05) is 11.4 Å². The number of amides is 3. The molecular weight excluding hydrogens is 320 g/mol. The van der Waals surface area contributed by atoms with Crippen molar-refractivity contribution in [3.63, 3.8) is 0 Å². The number of hydrogen-bond acceptors (Lipinski definition) is 4. The number of unbranched alkanes of at least 4 members (excludes halogenated alkanes) is 1. The number of anilines is 1. The number of rotatable bonds is 5. The molecule has 1 aromatic rings. The molecular formula is C16H19ClN2O4. The largest absolute Gasteiger partial charge is 0.285 e. The van der Waals surface area contributed by atoms with Crippen molar-refractivity contribution >= 4 is 35.0 Å². The molecule has 0 aliphatic carbocycles. The molecule has 1 aliphatic rings. The third kappa shape index (κ3) is 3.38. The SMILES string of the molecule is CCCCC(=O)N(O)C1CC(=O)N(c2cccc(Cl)c2C)C1=O. The molecule has 3 amide bonds. The number of hydroxylamine groups is 2. The fourth-order valence-electron chi connectivity index (χ4n) is 2.51. The van der Waals surface area contributed by atoms with Gasteiger partial charge in [0.1, 0.15) is 6.04 Å². The Bertz CT molecular complexity index is 647. The number of halogens is 1. The molecule has 0 radical (unpaired) electrons. The van der Waals surface area contributed by atoms with E-state index in [2.05, 4.69) is 0 Å². The van der Waals surface area contributed by atoms with Crippen molar-refractivity contribution in [1.82, 2.24) is 5.06 Å². The summed E-state index contributed by atoms with van der Waals surface area (Å²) in [4.78, 5) is 37.6. The van der Waals surface area contributed by atoms with Crippen LogP contribution >= 0.6 is 11.6 Å². The summed E-state index contributed by atoms with van der Waals surface area (Å²) in [6.45, 7) is 3.62. The number of nitrogens with zero attached hydrogens (tertiary/aromatic N) is 2. The van der Waals surface area contributed by atoms with Gasteiger partial charge in [-0.05, 0) is 31.0 Å². The van der Waals surface area contributed by atoms with Crippen LogP contribution in [-0.4, -0.2) is 34.0 Å². The zero-order chi connectivity index (χ0) is 17.1. The number of benzene rings is 1. The predicted octanol–water partition coefficient (Wildman–Crippen LogP) is 2.69. The van der Waals surface area contributed by atoms with Crippen LogP contribution in [0.1, 0.15) is 38.2 Å². The van der Waals surface area contributed by atoms with Crippen LogP contribution in [-0.2, 0) is 14.4 Å². The van der Waals surface area contributed by atoms with Gasteiger partial charge in [0.05, 0.1) is 12.1 Å². The molecule has 0 saturated carbocycles. The highest BCUT2D eigenvalue weighted by molar-refractivity contribution is 6.32. The van der Waals surface area contributed by atoms with E-state index in [0.717, 1.165) is 11.3 Å². The van der Waals surface area contributed by atoms with Gasteiger partial charge in [0.2, 0.25) is 11.8 Å². The van der Waals surface area contributed by atoms with Gasteiger partial charge < -0.3 is 0 Å². The van der Waals surface area contributed by atoms with Gasteiger partial charge in [0.25, 0.3) is 5.91 Å². The Labute approximate surface area is 139 Å². The van der Waals surface area contributed by atoms with Gasteiger partial charge in [-0.15, -0.1) is 0 Å². The Morgan fingerprint density at radius 2 is 2.13 bits per heavy atom. The molecule has 1 fully saturated rings. The molecule has 2 rings (SSSR count). The van der Waals surface area contributed by atoms with Gasteiger partial charge in [-0.25, -0.2) is 9.96 Å². The van der Waals surface area contributed by atoms with E-state index in [-0.39, 0.29) is 12.8 Å². The molecule has 1 atom stereocenters. The zero-order valence-corrected chi connectivity index (χ0v) is 13.8. The number of imide groups is 1. The maximum Gasteiger partial charge on any atom is 0.259 e. The molecule has 6 nitrogen and oxygen atoms in total. The van der Waals surface area contributed by atoms with E-state index in [1.165, 1.54) is 0 Å². The molecule has 1 N–H and O–H groups in total. The lowest BCUT2D eigenvalue weighted by atomic mass is 10.2. The van der Waals surface area contributed by atoms with Gasteiger partial charge in [-0.2, -0.15) is 0 Å². The van der Waals surface area contributed by atoms with Crippen molar-refractivity contribution in [3.05, 3.63) is 28.8 Å². The molecule has 7 heteroatoms. The topological polar surface area (TPSA) is 77.9 Å². The third-order valence-corrected chi connectivity index (χ3v) is 4.31. The van der Waals surface area contributed by atoms with Crippen LogP contribution in [0, 0.1) is 6.92 Å². The van der Waals surface area contributed by atoms with E-state index in [0.29, 0.717) is 27.8 Å². The maximum absolute atomic E-state index is 12.5. The lowest BCUT2D eigenvalue weighted by Gasteiger charge is -2.22. The summed E-state index contributed by atoms with van der Waals surface area (Å²) in [7, 11) is 0. The maximum atomic E-state index is 12.5. The van der Waals surface area contributed by atoms with E-state index < -0.39 is 23.8 Å². The second kappa shape index (κ2) is 7.10. The van der Waals surface area contributed by atoms with Crippen LogP contribution in [0.25, 0.3) is 0 Å². The van der Waals surface area contributed by atoms with Crippen molar-refractivity contribution in [3.8, 4) is 0 Å². The first-order chi connectivity index (χ1) is 10.9. The highest BCUT2D eigenvalue weighted by Gasteiger charge is 2.44. The zero-order valence-electron chi connectivity index (χ0n) is 13.1. The van der Waals surface area contributed by atoms with E-state index in [4.69, 9.17) is 11.6 Å². The Morgan fingerprint density at radius 1 is 1.43 bits per heavy atom. The average molecular weight is 339 g/mol. The van der Waals surface area contributed by atoms with Crippen molar-refractivity contribution in [2.75, 3.05) is 4.90 Å². The van der Waals surface area contributed by atoms with Crippen molar-refractivity contribution in [2.45, 2.75) is 45.6 Å². The number of carbonyl (C=O) groups excluding carboxylic acids is 3. The molecule has 1 saturated heterocycles. The lowest BCUT2D eigenvalue weighted by molar-refractivity contribution is -0.177. The van der Waals surface area contributed by atoms with E-state index in [1.807, 2.05) is 6.92 Å². The van der Waals surface area contributed by atoms with Crippen LogP contribution in [0.2, 0.25) is 5.02 Å². The fraction of sp³-hybridized carbons (Fsp3) is 0.438. The van der Waals surface area contributed by atoms with E-state index >= 15 is 0 Å². The summed E-state index contributed by atoms with van der Waals surface area (Å²) in [5.41, 5.74) is 0.975. The fourth-order valence-corrected chi connectivity index (χ4v) is 2.68. The number of carbonyl (C=O) groups is 3. The molecule has 1 unspecified atom stereocenters.